The number of anilines is 1. The first-order valence-electron chi connectivity index (χ1n) is 10.3. The SMILES string of the molecule is Cc1ccc(NC(=O)NC[C@H]2CCCN(C(=O)Cn3cc(C(F)(F)F)ccc3=O)C2)cc1. The Morgan fingerprint density at radius 3 is 2.53 bits per heavy atom. The third-order valence-corrected chi connectivity index (χ3v) is 5.35. The van der Waals surface area contributed by atoms with E-state index in [1.54, 1.807) is 12.1 Å². The van der Waals surface area contributed by atoms with Crippen LogP contribution < -0.4 is 16.2 Å². The van der Waals surface area contributed by atoms with Gasteiger partial charge in [-0.25, -0.2) is 4.79 Å². The molecular weight excluding hydrogens is 425 g/mol. The third-order valence-electron chi connectivity index (χ3n) is 5.35. The highest BCUT2D eigenvalue weighted by Crippen LogP contribution is 2.28. The Bertz CT molecular complexity index is 1020. The summed E-state index contributed by atoms with van der Waals surface area (Å²) in [6, 6.07) is 8.52. The number of urea groups is 1. The van der Waals surface area contributed by atoms with Gasteiger partial charge < -0.3 is 20.1 Å². The number of carbonyl (C=O) groups is 2. The molecule has 2 N–H and O–H groups in total. The number of amides is 3. The minimum atomic E-state index is -4.60. The molecule has 32 heavy (non-hydrogen) atoms. The number of aryl methyl sites for hydroxylation is 1. The summed E-state index contributed by atoms with van der Waals surface area (Å²) < 4.78 is 39.5. The number of hydrogen-bond donors (Lipinski definition) is 2. The molecule has 1 aromatic heterocycles. The van der Waals surface area contributed by atoms with Crippen molar-refractivity contribution in [1.29, 1.82) is 0 Å². The Balaban J connectivity index is 1.53. The van der Waals surface area contributed by atoms with Gasteiger partial charge in [-0.05, 0) is 43.9 Å². The van der Waals surface area contributed by atoms with Gasteiger partial charge in [0.25, 0.3) is 5.56 Å². The summed E-state index contributed by atoms with van der Waals surface area (Å²) in [6.45, 7) is 2.65. The molecule has 172 valence electrons. The lowest BCUT2D eigenvalue weighted by Crippen LogP contribution is -2.46. The van der Waals surface area contributed by atoms with Crippen LogP contribution in [0.15, 0.2) is 47.4 Å². The number of hydrogen-bond acceptors (Lipinski definition) is 3. The maximum Gasteiger partial charge on any atom is 0.417 e. The second kappa shape index (κ2) is 9.88. The highest BCUT2D eigenvalue weighted by Gasteiger charge is 2.31. The molecule has 3 rings (SSSR count). The second-order valence-electron chi connectivity index (χ2n) is 7.93. The van der Waals surface area contributed by atoms with Gasteiger partial charge in [0.15, 0.2) is 0 Å². The van der Waals surface area contributed by atoms with Crippen LogP contribution in [-0.2, 0) is 17.5 Å². The van der Waals surface area contributed by atoms with Crippen LogP contribution in [0.1, 0.15) is 24.0 Å². The van der Waals surface area contributed by atoms with Crippen molar-refractivity contribution >= 4 is 17.6 Å². The van der Waals surface area contributed by atoms with Crippen LogP contribution in [0.3, 0.4) is 0 Å². The first kappa shape index (κ1) is 23.4. The Labute approximate surface area is 183 Å². The van der Waals surface area contributed by atoms with Gasteiger partial charge >= 0.3 is 12.2 Å². The van der Waals surface area contributed by atoms with Gasteiger partial charge in [0.2, 0.25) is 5.91 Å². The number of alkyl halides is 3. The van der Waals surface area contributed by atoms with Gasteiger partial charge in [0, 0.05) is 37.6 Å². The van der Waals surface area contributed by atoms with E-state index in [4.69, 9.17) is 0 Å². The normalized spacial score (nSPS) is 16.5. The monoisotopic (exact) mass is 450 g/mol. The molecule has 0 aliphatic carbocycles. The molecular formula is C22H25F3N4O3. The van der Waals surface area contributed by atoms with E-state index >= 15 is 0 Å². The fraction of sp³-hybridized carbons (Fsp3) is 0.409. The topological polar surface area (TPSA) is 83.4 Å². The molecule has 0 radical (unpaired) electrons. The maximum absolute atomic E-state index is 12.9. The van der Waals surface area contributed by atoms with Crippen LogP contribution in [-0.4, -0.2) is 41.0 Å². The number of nitrogens with zero attached hydrogens (tertiary/aromatic N) is 2. The van der Waals surface area contributed by atoms with Crippen LogP contribution in [0.25, 0.3) is 0 Å². The first-order valence-corrected chi connectivity index (χ1v) is 10.3. The van der Waals surface area contributed by atoms with Crippen molar-refractivity contribution in [2.75, 3.05) is 25.0 Å². The Kier molecular flexibility index (Phi) is 7.22. The third kappa shape index (κ3) is 6.35. The maximum atomic E-state index is 12.9. The van der Waals surface area contributed by atoms with Crippen molar-refractivity contribution in [3.8, 4) is 0 Å². The Morgan fingerprint density at radius 1 is 1.12 bits per heavy atom. The van der Waals surface area contributed by atoms with Crippen molar-refractivity contribution in [1.82, 2.24) is 14.8 Å². The number of nitrogens with one attached hydrogen (secondary N) is 2. The van der Waals surface area contributed by atoms with E-state index in [9.17, 15) is 27.6 Å². The van der Waals surface area contributed by atoms with E-state index in [0.717, 1.165) is 22.6 Å². The second-order valence-corrected chi connectivity index (χ2v) is 7.93. The molecule has 1 aliphatic rings. The molecule has 0 bridgehead atoms. The van der Waals surface area contributed by atoms with E-state index < -0.39 is 29.8 Å². The Hall–Kier alpha value is -3.30. The predicted molar refractivity (Wildman–Crippen MR) is 113 cm³/mol. The number of rotatable bonds is 5. The van der Waals surface area contributed by atoms with Crippen LogP contribution in [0.2, 0.25) is 0 Å². The molecule has 1 fully saturated rings. The summed E-state index contributed by atoms with van der Waals surface area (Å²) in [6.07, 6.45) is -2.43. The van der Waals surface area contributed by atoms with Crippen LogP contribution >= 0.6 is 0 Å². The smallest absolute Gasteiger partial charge is 0.341 e. The quantitative estimate of drug-likeness (QED) is 0.734. The van der Waals surface area contributed by atoms with Crippen molar-refractivity contribution in [3.63, 3.8) is 0 Å². The van der Waals surface area contributed by atoms with Gasteiger partial charge in [-0.3, -0.25) is 9.59 Å². The number of aromatic nitrogens is 1. The fourth-order valence-electron chi connectivity index (χ4n) is 3.58. The van der Waals surface area contributed by atoms with E-state index in [-0.39, 0.29) is 11.9 Å². The molecule has 0 saturated carbocycles. The summed E-state index contributed by atoms with van der Waals surface area (Å²) >= 11 is 0. The van der Waals surface area contributed by atoms with Crippen LogP contribution in [0.4, 0.5) is 23.7 Å². The number of pyridine rings is 1. The molecule has 10 heteroatoms. The van der Waals surface area contributed by atoms with Gasteiger partial charge in [-0.2, -0.15) is 13.2 Å². The van der Waals surface area contributed by atoms with Crippen LogP contribution in [0, 0.1) is 12.8 Å². The lowest BCUT2D eigenvalue weighted by Gasteiger charge is -2.33. The zero-order chi connectivity index (χ0) is 23.3. The van der Waals surface area contributed by atoms with Gasteiger partial charge in [0.1, 0.15) is 6.54 Å². The molecule has 1 aromatic carbocycles. The zero-order valence-electron chi connectivity index (χ0n) is 17.6. The molecule has 0 spiro atoms. The molecule has 7 nitrogen and oxygen atoms in total. The molecule has 2 aromatic rings. The standard InChI is InChI=1S/C22H25F3N4O3/c1-15-4-7-18(8-5-15)27-21(32)26-11-16-3-2-10-28(12-16)20(31)14-29-13-17(22(23,24)25)6-9-19(29)30/h4-9,13,16H,2-3,10-12,14H2,1H3,(H2,26,27,32)/t16-/m1/s1. The van der Waals surface area contributed by atoms with Crippen LogP contribution in [0.5, 0.6) is 0 Å². The zero-order valence-corrected chi connectivity index (χ0v) is 17.6. The van der Waals surface area contributed by atoms with E-state index in [2.05, 4.69) is 10.6 Å². The largest absolute Gasteiger partial charge is 0.417 e. The molecule has 3 amide bonds. The van der Waals surface area contributed by atoms with E-state index in [1.165, 1.54) is 4.90 Å². The van der Waals surface area contributed by atoms with Crippen molar-refractivity contribution in [2.45, 2.75) is 32.5 Å². The average molecular weight is 450 g/mol. The summed E-state index contributed by atoms with van der Waals surface area (Å²) in [5, 5.41) is 5.53. The fourth-order valence-corrected chi connectivity index (χ4v) is 3.58. The summed E-state index contributed by atoms with van der Waals surface area (Å²) in [7, 11) is 0. The molecule has 0 unspecified atom stereocenters. The minimum absolute atomic E-state index is 0.00898. The van der Waals surface area contributed by atoms with Crippen molar-refractivity contribution < 1.29 is 22.8 Å². The lowest BCUT2D eigenvalue weighted by molar-refractivity contribution is -0.139. The minimum Gasteiger partial charge on any atom is -0.341 e. The highest BCUT2D eigenvalue weighted by atomic mass is 19.4. The van der Waals surface area contributed by atoms with Crippen molar-refractivity contribution in [2.24, 2.45) is 5.92 Å². The Morgan fingerprint density at radius 2 is 1.84 bits per heavy atom. The van der Waals surface area contributed by atoms with Gasteiger partial charge in [-0.15, -0.1) is 0 Å². The number of piperidine rings is 1. The summed E-state index contributed by atoms with van der Waals surface area (Å²) in [4.78, 5) is 38.2. The number of benzene rings is 1. The number of carbonyl (C=O) groups excluding carboxylic acids is 2. The highest BCUT2D eigenvalue weighted by molar-refractivity contribution is 5.89. The molecule has 1 atom stereocenters. The van der Waals surface area contributed by atoms with Gasteiger partial charge in [-0.1, -0.05) is 17.7 Å². The van der Waals surface area contributed by atoms with Gasteiger partial charge in [0.05, 0.1) is 5.56 Å². The summed E-state index contributed by atoms with van der Waals surface area (Å²) in [5.74, 6) is -0.421. The lowest BCUT2D eigenvalue weighted by atomic mass is 9.98. The number of halogens is 3. The van der Waals surface area contributed by atoms with E-state index in [1.807, 2.05) is 19.1 Å². The van der Waals surface area contributed by atoms with E-state index in [0.29, 0.717) is 44.0 Å². The molecule has 1 aliphatic heterocycles. The summed E-state index contributed by atoms with van der Waals surface area (Å²) in [5.41, 5.74) is 0.0926. The number of likely N-dealkylation sites (tertiary alicyclic amines) is 1. The predicted octanol–water partition coefficient (Wildman–Crippen LogP) is 3.24. The molecule has 2 heterocycles. The van der Waals surface area contributed by atoms with Crippen molar-refractivity contribution in [3.05, 3.63) is 64.1 Å². The molecule has 1 saturated heterocycles. The average Bonchev–Trinajstić information content (AvgIpc) is 2.75. The first-order chi connectivity index (χ1) is 15.1.